The normalized spacial score (nSPS) is 21.2. The van der Waals surface area contributed by atoms with Crippen molar-refractivity contribution >= 4 is 16.6 Å². The third-order valence-electron chi connectivity index (χ3n) is 3.89. The first-order valence-corrected chi connectivity index (χ1v) is 7.36. The van der Waals surface area contributed by atoms with Crippen LogP contribution in [-0.4, -0.2) is 41.4 Å². The summed E-state index contributed by atoms with van der Waals surface area (Å²) >= 11 is 0. The summed E-state index contributed by atoms with van der Waals surface area (Å²) in [5.41, 5.74) is 0. The van der Waals surface area contributed by atoms with Crippen LogP contribution in [0.4, 0.5) is 0 Å². The average Bonchev–Trinajstić information content (AvgIpc) is 2.90. The lowest BCUT2D eigenvalue weighted by molar-refractivity contribution is -0.120. The molecule has 2 aromatic rings. The number of rotatable bonds is 3. The number of benzene rings is 1. The lowest BCUT2D eigenvalue weighted by Crippen LogP contribution is -2.31. The Balaban J connectivity index is 0.000000847. The predicted molar refractivity (Wildman–Crippen MR) is 89.1 cm³/mol. The molecular weight excluding hydrogens is 276 g/mol. The lowest BCUT2D eigenvalue weighted by Gasteiger charge is -2.14. The van der Waals surface area contributed by atoms with Crippen LogP contribution in [0.3, 0.4) is 0 Å². The summed E-state index contributed by atoms with van der Waals surface area (Å²) < 4.78 is 6.03. The number of ether oxygens (including phenoxy) is 1. The van der Waals surface area contributed by atoms with Gasteiger partial charge in [-0.3, -0.25) is 9.69 Å². The highest BCUT2D eigenvalue weighted by molar-refractivity contribution is 5.86. The van der Waals surface area contributed by atoms with Crippen LogP contribution in [0.2, 0.25) is 0 Å². The molecule has 0 bridgehead atoms. The SMILES string of the molecule is C=C.CC(=O)C1CC(Oc2nccc3ccccc23)CN1C. The van der Waals surface area contributed by atoms with E-state index < -0.39 is 0 Å². The molecule has 3 rings (SSSR count). The quantitative estimate of drug-likeness (QED) is 0.817. The topological polar surface area (TPSA) is 42.4 Å². The smallest absolute Gasteiger partial charge is 0.221 e. The Morgan fingerprint density at radius 2 is 2.05 bits per heavy atom. The van der Waals surface area contributed by atoms with Crippen molar-refractivity contribution in [2.24, 2.45) is 0 Å². The zero-order valence-electron chi connectivity index (χ0n) is 13.2. The van der Waals surface area contributed by atoms with Crippen LogP contribution >= 0.6 is 0 Å². The fourth-order valence-corrected chi connectivity index (χ4v) is 2.86. The molecule has 1 aromatic carbocycles. The van der Waals surface area contributed by atoms with Crippen LogP contribution < -0.4 is 4.74 Å². The van der Waals surface area contributed by atoms with E-state index in [0.717, 1.165) is 23.7 Å². The maximum absolute atomic E-state index is 11.6. The van der Waals surface area contributed by atoms with Gasteiger partial charge in [-0.05, 0) is 31.5 Å². The number of likely N-dealkylation sites (N-methyl/N-ethyl adjacent to an activating group) is 1. The molecular formula is C18H22N2O2. The molecule has 0 N–H and O–H groups in total. The molecule has 2 heterocycles. The third-order valence-corrected chi connectivity index (χ3v) is 3.89. The first-order chi connectivity index (χ1) is 10.6. The number of nitrogens with zero attached hydrogens (tertiary/aromatic N) is 2. The number of aromatic nitrogens is 1. The summed E-state index contributed by atoms with van der Waals surface area (Å²) in [6.07, 6.45) is 2.52. The summed E-state index contributed by atoms with van der Waals surface area (Å²) in [5, 5.41) is 2.14. The van der Waals surface area contributed by atoms with Gasteiger partial charge >= 0.3 is 0 Å². The molecule has 2 atom stereocenters. The van der Waals surface area contributed by atoms with E-state index >= 15 is 0 Å². The van der Waals surface area contributed by atoms with Gasteiger partial charge in [0.05, 0.1) is 6.04 Å². The number of Topliss-reactive ketones (excluding diaryl/α,β-unsaturated/α-hetero) is 1. The largest absolute Gasteiger partial charge is 0.472 e. The first-order valence-electron chi connectivity index (χ1n) is 7.36. The summed E-state index contributed by atoms with van der Waals surface area (Å²) in [6.45, 7) is 8.40. The van der Waals surface area contributed by atoms with Crippen molar-refractivity contribution in [1.29, 1.82) is 0 Å². The van der Waals surface area contributed by atoms with E-state index in [1.807, 2.05) is 37.4 Å². The first kappa shape index (κ1) is 16.2. The van der Waals surface area contributed by atoms with E-state index in [1.54, 1.807) is 13.1 Å². The van der Waals surface area contributed by atoms with Gasteiger partial charge in [0.15, 0.2) is 0 Å². The van der Waals surface area contributed by atoms with Gasteiger partial charge in [0.2, 0.25) is 5.88 Å². The van der Waals surface area contributed by atoms with Crippen LogP contribution in [0.5, 0.6) is 5.88 Å². The predicted octanol–water partition coefficient (Wildman–Crippen LogP) is 3.08. The van der Waals surface area contributed by atoms with Crippen molar-refractivity contribution in [3.05, 3.63) is 49.7 Å². The molecule has 116 valence electrons. The summed E-state index contributed by atoms with van der Waals surface area (Å²) in [5.74, 6) is 0.857. The summed E-state index contributed by atoms with van der Waals surface area (Å²) in [6, 6.07) is 9.98. The number of fused-ring (bicyclic) bond motifs is 1. The standard InChI is InChI=1S/C16H18N2O2.C2H4/c1-11(19)15-9-13(10-18(15)2)20-16-14-6-4-3-5-12(14)7-8-17-16;1-2/h3-8,13,15H,9-10H2,1-2H3;1-2H2. The minimum Gasteiger partial charge on any atom is -0.472 e. The Hall–Kier alpha value is -2.20. The van der Waals surface area contributed by atoms with Gasteiger partial charge in [-0.15, -0.1) is 13.2 Å². The van der Waals surface area contributed by atoms with Gasteiger partial charge in [-0.25, -0.2) is 4.98 Å². The lowest BCUT2D eigenvalue weighted by atomic mass is 10.1. The molecule has 1 fully saturated rings. The maximum Gasteiger partial charge on any atom is 0.221 e. The highest BCUT2D eigenvalue weighted by atomic mass is 16.5. The molecule has 4 heteroatoms. The molecule has 0 spiro atoms. The second-order valence-electron chi connectivity index (χ2n) is 5.38. The van der Waals surface area contributed by atoms with Gasteiger partial charge in [-0.2, -0.15) is 0 Å². The number of pyridine rings is 1. The molecule has 1 aliphatic rings. The minimum atomic E-state index is -0.0324. The number of carbonyl (C=O) groups is 1. The van der Waals surface area contributed by atoms with E-state index in [9.17, 15) is 4.79 Å². The van der Waals surface area contributed by atoms with Crippen LogP contribution in [0.15, 0.2) is 49.7 Å². The Labute approximate surface area is 131 Å². The number of carbonyl (C=O) groups excluding carboxylic acids is 1. The molecule has 0 radical (unpaired) electrons. The Morgan fingerprint density at radius 1 is 1.32 bits per heavy atom. The molecule has 1 aliphatic heterocycles. The Kier molecular flexibility index (Phi) is 5.28. The molecule has 1 saturated heterocycles. The fraction of sp³-hybridized carbons (Fsp3) is 0.333. The second-order valence-corrected chi connectivity index (χ2v) is 5.38. The summed E-state index contributed by atoms with van der Waals surface area (Å²) in [4.78, 5) is 17.9. The van der Waals surface area contributed by atoms with Gasteiger partial charge in [-0.1, -0.05) is 18.2 Å². The maximum atomic E-state index is 11.6. The van der Waals surface area contributed by atoms with Gasteiger partial charge in [0, 0.05) is 24.5 Å². The van der Waals surface area contributed by atoms with Crippen LogP contribution in [-0.2, 0) is 4.79 Å². The van der Waals surface area contributed by atoms with Crippen LogP contribution in [0.1, 0.15) is 13.3 Å². The monoisotopic (exact) mass is 298 g/mol. The van der Waals surface area contributed by atoms with Crippen LogP contribution in [0, 0.1) is 0 Å². The molecule has 0 amide bonds. The van der Waals surface area contributed by atoms with Crippen molar-refractivity contribution in [2.75, 3.05) is 13.6 Å². The zero-order chi connectivity index (χ0) is 16.1. The van der Waals surface area contributed by atoms with Crippen molar-refractivity contribution < 1.29 is 9.53 Å². The Bertz CT molecular complexity index is 651. The number of likely N-dealkylation sites (tertiary alicyclic amines) is 1. The van der Waals surface area contributed by atoms with Gasteiger partial charge in [0.1, 0.15) is 11.9 Å². The highest BCUT2D eigenvalue weighted by Crippen LogP contribution is 2.26. The number of hydrogen-bond acceptors (Lipinski definition) is 4. The van der Waals surface area contributed by atoms with E-state index in [2.05, 4.69) is 23.0 Å². The average molecular weight is 298 g/mol. The Morgan fingerprint density at radius 3 is 2.73 bits per heavy atom. The highest BCUT2D eigenvalue weighted by Gasteiger charge is 2.34. The fourth-order valence-electron chi connectivity index (χ4n) is 2.86. The molecule has 2 unspecified atom stereocenters. The van der Waals surface area contributed by atoms with E-state index in [0.29, 0.717) is 5.88 Å². The summed E-state index contributed by atoms with van der Waals surface area (Å²) in [7, 11) is 1.96. The van der Waals surface area contributed by atoms with E-state index in [1.165, 1.54) is 0 Å². The molecule has 1 aromatic heterocycles. The van der Waals surface area contributed by atoms with Gasteiger partial charge < -0.3 is 4.74 Å². The molecule has 22 heavy (non-hydrogen) atoms. The van der Waals surface area contributed by atoms with E-state index in [4.69, 9.17) is 4.74 Å². The van der Waals surface area contributed by atoms with Gasteiger partial charge in [0.25, 0.3) is 0 Å². The molecule has 4 nitrogen and oxygen atoms in total. The number of ketones is 1. The van der Waals surface area contributed by atoms with Crippen molar-refractivity contribution in [2.45, 2.75) is 25.5 Å². The van der Waals surface area contributed by atoms with Crippen molar-refractivity contribution in [1.82, 2.24) is 9.88 Å². The van der Waals surface area contributed by atoms with Crippen molar-refractivity contribution in [3.63, 3.8) is 0 Å². The zero-order valence-corrected chi connectivity index (χ0v) is 13.2. The van der Waals surface area contributed by atoms with E-state index in [-0.39, 0.29) is 17.9 Å². The third kappa shape index (κ3) is 3.34. The minimum absolute atomic E-state index is 0.0206. The molecule has 0 saturated carbocycles. The second kappa shape index (κ2) is 7.18. The number of hydrogen-bond donors (Lipinski definition) is 0. The van der Waals surface area contributed by atoms with Crippen LogP contribution in [0.25, 0.3) is 10.8 Å². The molecule has 0 aliphatic carbocycles. The van der Waals surface area contributed by atoms with Crippen molar-refractivity contribution in [3.8, 4) is 5.88 Å².